The van der Waals surface area contributed by atoms with Crippen LogP contribution >= 0.6 is 24.8 Å². The Morgan fingerprint density at radius 3 is 2.41 bits per heavy atom. The Kier molecular flexibility index (Phi) is 10.4. The Hall–Kier alpha value is -0.810. The molecule has 0 bridgehead atoms. The maximum atomic E-state index is 11.4. The van der Waals surface area contributed by atoms with Crippen molar-refractivity contribution in [3.63, 3.8) is 0 Å². The Morgan fingerprint density at radius 1 is 1.27 bits per heavy atom. The van der Waals surface area contributed by atoms with E-state index >= 15 is 0 Å². The number of nitrogens with one attached hydrogen (secondary N) is 1. The number of rotatable bonds is 5. The number of halogens is 2. The normalized spacial score (nSPS) is 17.0. The molecule has 1 amide bonds. The van der Waals surface area contributed by atoms with Crippen LogP contribution in [-0.4, -0.2) is 36.5 Å². The van der Waals surface area contributed by atoms with E-state index in [4.69, 9.17) is 5.73 Å². The topological polar surface area (TPSA) is 58.4 Å². The number of piperidine rings is 1. The molecule has 1 aromatic carbocycles. The fourth-order valence-corrected chi connectivity index (χ4v) is 2.60. The zero-order valence-corrected chi connectivity index (χ0v) is 14.7. The highest BCUT2D eigenvalue weighted by Crippen LogP contribution is 2.18. The molecule has 1 aliphatic heterocycles. The van der Waals surface area contributed by atoms with Crippen molar-refractivity contribution < 1.29 is 4.79 Å². The van der Waals surface area contributed by atoms with Gasteiger partial charge in [0.15, 0.2) is 0 Å². The Labute approximate surface area is 145 Å². The van der Waals surface area contributed by atoms with Crippen LogP contribution in [0.2, 0.25) is 0 Å². The Bertz CT molecular complexity index is 421. The predicted molar refractivity (Wildman–Crippen MR) is 95.6 cm³/mol. The summed E-state index contributed by atoms with van der Waals surface area (Å²) in [5.74, 6) is 0.543. The highest BCUT2D eigenvalue weighted by atomic mass is 35.5. The van der Waals surface area contributed by atoms with E-state index in [0.717, 1.165) is 39.0 Å². The minimum atomic E-state index is -0.409. The molecular weight excluding hydrogens is 321 g/mol. The minimum Gasteiger partial charge on any atom is -0.354 e. The zero-order chi connectivity index (χ0) is 14.4. The molecule has 1 aliphatic rings. The largest absolute Gasteiger partial charge is 0.354 e. The average molecular weight is 348 g/mol. The fraction of sp³-hybridized carbons (Fsp3) is 0.562. The van der Waals surface area contributed by atoms with E-state index < -0.39 is 6.04 Å². The van der Waals surface area contributed by atoms with Gasteiger partial charge in [0.2, 0.25) is 5.91 Å². The predicted octanol–water partition coefficient (Wildman–Crippen LogP) is 2.21. The summed E-state index contributed by atoms with van der Waals surface area (Å²) < 4.78 is 0. The van der Waals surface area contributed by atoms with Gasteiger partial charge in [-0.1, -0.05) is 30.3 Å². The van der Waals surface area contributed by atoms with Gasteiger partial charge in [0.1, 0.15) is 0 Å². The molecule has 22 heavy (non-hydrogen) atoms. The molecule has 1 saturated heterocycles. The molecule has 6 heteroatoms. The minimum absolute atomic E-state index is 0. The second-order valence-corrected chi connectivity index (χ2v) is 5.74. The summed E-state index contributed by atoms with van der Waals surface area (Å²) in [4.78, 5) is 13.9. The number of hydrogen-bond acceptors (Lipinski definition) is 3. The number of likely N-dealkylation sites (tertiary alicyclic amines) is 1. The van der Waals surface area contributed by atoms with E-state index in [2.05, 4.69) is 40.5 Å². The standard InChI is InChI=1S/C16H25N3O.2ClH/c1-13(17)16(20)18-11-14-7-9-19(10-8-14)12-15-5-3-2-4-6-15;;/h2-6,13-14H,7-12,17H2,1H3,(H,18,20);2*1H/t13-;;/m1../s1. The van der Waals surface area contributed by atoms with Gasteiger partial charge in [0.25, 0.3) is 0 Å². The van der Waals surface area contributed by atoms with E-state index in [1.54, 1.807) is 6.92 Å². The van der Waals surface area contributed by atoms with Crippen LogP contribution in [0.1, 0.15) is 25.3 Å². The fourth-order valence-electron chi connectivity index (χ4n) is 2.60. The van der Waals surface area contributed by atoms with Crippen molar-refractivity contribution in [3.8, 4) is 0 Å². The SMILES string of the molecule is C[C@@H](N)C(=O)NCC1CCN(Cc2ccccc2)CC1.Cl.Cl. The molecule has 0 spiro atoms. The van der Waals surface area contributed by atoms with Crippen molar-refractivity contribution in [1.82, 2.24) is 10.2 Å². The number of hydrogen-bond donors (Lipinski definition) is 2. The molecule has 0 saturated carbocycles. The first kappa shape index (κ1) is 21.2. The number of carbonyl (C=O) groups is 1. The lowest BCUT2D eigenvalue weighted by molar-refractivity contribution is -0.122. The van der Waals surface area contributed by atoms with Gasteiger partial charge < -0.3 is 11.1 Å². The van der Waals surface area contributed by atoms with Gasteiger partial charge >= 0.3 is 0 Å². The van der Waals surface area contributed by atoms with Crippen molar-refractivity contribution in [2.45, 2.75) is 32.4 Å². The molecule has 1 fully saturated rings. The van der Waals surface area contributed by atoms with Crippen LogP contribution in [0.5, 0.6) is 0 Å². The smallest absolute Gasteiger partial charge is 0.236 e. The molecule has 1 atom stereocenters. The van der Waals surface area contributed by atoms with Crippen LogP contribution in [0, 0.1) is 5.92 Å². The third-order valence-electron chi connectivity index (χ3n) is 3.93. The van der Waals surface area contributed by atoms with E-state index in [0.29, 0.717) is 5.92 Å². The van der Waals surface area contributed by atoms with E-state index in [1.165, 1.54) is 5.56 Å². The maximum Gasteiger partial charge on any atom is 0.236 e. The van der Waals surface area contributed by atoms with Gasteiger partial charge in [0.05, 0.1) is 6.04 Å². The lowest BCUT2D eigenvalue weighted by atomic mass is 9.96. The van der Waals surface area contributed by atoms with E-state index in [1.807, 2.05) is 0 Å². The second-order valence-electron chi connectivity index (χ2n) is 5.74. The van der Waals surface area contributed by atoms with E-state index in [9.17, 15) is 4.79 Å². The summed E-state index contributed by atoms with van der Waals surface area (Å²) in [6.07, 6.45) is 2.29. The number of carbonyl (C=O) groups excluding carboxylic acids is 1. The molecule has 1 heterocycles. The number of nitrogens with two attached hydrogens (primary N) is 1. The first-order valence-corrected chi connectivity index (χ1v) is 7.44. The number of amides is 1. The van der Waals surface area contributed by atoms with Gasteiger partial charge in [-0.25, -0.2) is 0 Å². The molecule has 0 unspecified atom stereocenters. The van der Waals surface area contributed by atoms with Crippen LogP contribution in [0.3, 0.4) is 0 Å². The van der Waals surface area contributed by atoms with Gasteiger partial charge in [-0.2, -0.15) is 0 Å². The summed E-state index contributed by atoms with van der Waals surface area (Å²) in [5.41, 5.74) is 6.91. The van der Waals surface area contributed by atoms with Crippen molar-refractivity contribution in [1.29, 1.82) is 0 Å². The Balaban J connectivity index is 0.00000220. The zero-order valence-electron chi connectivity index (χ0n) is 13.0. The van der Waals surface area contributed by atoms with Gasteiger partial charge in [-0.3, -0.25) is 9.69 Å². The molecular formula is C16H27Cl2N3O. The molecule has 126 valence electrons. The third kappa shape index (κ3) is 6.97. The van der Waals surface area contributed by atoms with Crippen LogP contribution in [-0.2, 0) is 11.3 Å². The van der Waals surface area contributed by atoms with Crippen molar-refractivity contribution >= 4 is 30.7 Å². The van der Waals surface area contributed by atoms with Crippen LogP contribution in [0.15, 0.2) is 30.3 Å². The summed E-state index contributed by atoms with van der Waals surface area (Å²) in [6.45, 7) is 5.72. The molecule has 0 radical (unpaired) electrons. The maximum absolute atomic E-state index is 11.4. The molecule has 3 N–H and O–H groups in total. The Morgan fingerprint density at radius 2 is 1.86 bits per heavy atom. The quantitative estimate of drug-likeness (QED) is 0.858. The molecule has 2 rings (SSSR count). The summed E-state index contributed by atoms with van der Waals surface area (Å²) in [7, 11) is 0. The molecule has 0 aromatic heterocycles. The average Bonchev–Trinajstić information content (AvgIpc) is 2.47. The second kappa shape index (κ2) is 10.8. The number of benzene rings is 1. The lowest BCUT2D eigenvalue weighted by Gasteiger charge is -2.32. The van der Waals surface area contributed by atoms with Crippen LogP contribution in [0.4, 0.5) is 0 Å². The first-order chi connectivity index (χ1) is 9.65. The highest BCUT2D eigenvalue weighted by molar-refractivity contribution is 5.85. The van der Waals surface area contributed by atoms with Crippen molar-refractivity contribution in [3.05, 3.63) is 35.9 Å². The van der Waals surface area contributed by atoms with Gasteiger partial charge in [-0.05, 0) is 44.3 Å². The summed E-state index contributed by atoms with van der Waals surface area (Å²) in [6, 6.07) is 10.2. The number of nitrogens with zero attached hydrogens (tertiary/aromatic N) is 1. The van der Waals surface area contributed by atoms with Crippen molar-refractivity contribution in [2.75, 3.05) is 19.6 Å². The van der Waals surface area contributed by atoms with Gasteiger partial charge in [-0.15, -0.1) is 24.8 Å². The van der Waals surface area contributed by atoms with E-state index in [-0.39, 0.29) is 30.7 Å². The molecule has 1 aromatic rings. The highest BCUT2D eigenvalue weighted by Gasteiger charge is 2.20. The van der Waals surface area contributed by atoms with Crippen LogP contribution in [0.25, 0.3) is 0 Å². The third-order valence-corrected chi connectivity index (χ3v) is 3.93. The molecule has 0 aliphatic carbocycles. The molecule has 4 nitrogen and oxygen atoms in total. The summed E-state index contributed by atoms with van der Waals surface area (Å²) in [5, 5.41) is 2.93. The van der Waals surface area contributed by atoms with Gasteiger partial charge in [0, 0.05) is 13.1 Å². The lowest BCUT2D eigenvalue weighted by Crippen LogP contribution is -2.43. The first-order valence-electron chi connectivity index (χ1n) is 7.44. The summed E-state index contributed by atoms with van der Waals surface area (Å²) >= 11 is 0. The van der Waals surface area contributed by atoms with Crippen molar-refractivity contribution in [2.24, 2.45) is 11.7 Å². The monoisotopic (exact) mass is 347 g/mol. The van der Waals surface area contributed by atoms with Crippen LogP contribution < -0.4 is 11.1 Å².